The number of aromatic amines is 1. The Bertz CT molecular complexity index is 1530. The summed E-state index contributed by atoms with van der Waals surface area (Å²) in [6.07, 6.45) is 1.58. The van der Waals surface area contributed by atoms with Gasteiger partial charge in [0.15, 0.2) is 0 Å². The van der Waals surface area contributed by atoms with Crippen molar-refractivity contribution < 1.29 is 4.74 Å². The molecule has 1 fully saturated rings. The predicted molar refractivity (Wildman–Crippen MR) is 135 cm³/mol. The van der Waals surface area contributed by atoms with Crippen molar-refractivity contribution in [2.24, 2.45) is 19.1 Å². The third-order valence-corrected chi connectivity index (χ3v) is 6.47. The second-order valence-electron chi connectivity index (χ2n) is 8.36. The molecule has 5 rings (SSSR count). The fraction of sp³-hybridized carbons (Fsp3) is 0.292. The Morgan fingerprint density at radius 2 is 1.76 bits per heavy atom. The SMILES string of the molecule is Cc1[nH]n(-c2cccc(Cl)c2)c(=O)c1C=Nc1cc2c(cc1N1CCOCC1)n(C)c(=O)n2C. The lowest BCUT2D eigenvalue weighted by atomic mass is 10.2. The molecule has 34 heavy (non-hydrogen) atoms. The molecule has 0 radical (unpaired) electrons. The largest absolute Gasteiger partial charge is 0.378 e. The minimum absolute atomic E-state index is 0.102. The van der Waals surface area contributed by atoms with Gasteiger partial charge in [-0.25, -0.2) is 9.48 Å². The molecule has 0 bridgehead atoms. The molecule has 0 amide bonds. The molecule has 0 saturated carbocycles. The van der Waals surface area contributed by atoms with Crippen LogP contribution in [0.4, 0.5) is 11.4 Å². The van der Waals surface area contributed by atoms with Gasteiger partial charge in [-0.15, -0.1) is 0 Å². The van der Waals surface area contributed by atoms with E-state index in [9.17, 15) is 9.59 Å². The number of anilines is 1. The summed E-state index contributed by atoms with van der Waals surface area (Å²) in [7, 11) is 3.50. The zero-order chi connectivity index (χ0) is 24.0. The van der Waals surface area contributed by atoms with Gasteiger partial charge in [0.1, 0.15) is 0 Å². The molecular weight excluding hydrogens is 456 g/mol. The summed E-state index contributed by atoms with van der Waals surface area (Å²) < 4.78 is 10.2. The van der Waals surface area contributed by atoms with Crippen LogP contribution in [0.15, 0.2) is 51.0 Å². The average molecular weight is 481 g/mol. The number of halogens is 1. The van der Waals surface area contributed by atoms with Gasteiger partial charge in [0, 0.05) is 44.1 Å². The number of aromatic nitrogens is 4. The number of ether oxygens (including phenoxy) is 1. The number of nitrogens with zero attached hydrogens (tertiary/aromatic N) is 5. The maximum absolute atomic E-state index is 13.1. The highest BCUT2D eigenvalue weighted by Crippen LogP contribution is 2.33. The molecule has 2 aromatic heterocycles. The first-order chi connectivity index (χ1) is 16.3. The van der Waals surface area contributed by atoms with Crippen LogP contribution < -0.4 is 16.1 Å². The number of H-pyrrole nitrogens is 1. The Balaban J connectivity index is 1.62. The third kappa shape index (κ3) is 3.76. The van der Waals surface area contributed by atoms with Crippen LogP contribution >= 0.6 is 11.6 Å². The second-order valence-corrected chi connectivity index (χ2v) is 8.80. The Kier molecular flexibility index (Phi) is 5.66. The zero-order valence-electron chi connectivity index (χ0n) is 19.2. The van der Waals surface area contributed by atoms with Gasteiger partial charge in [0.25, 0.3) is 5.56 Å². The summed E-state index contributed by atoms with van der Waals surface area (Å²) in [5.74, 6) is 0. The quantitative estimate of drug-likeness (QED) is 0.455. The minimum Gasteiger partial charge on any atom is -0.378 e. The first-order valence-electron chi connectivity index (χ1n) is 11.0. The number of hydrogen-bond donors (Lipinski definition) is 1. The molecule has 1 N–H and O–H groups in total. The predicted octanol–water partition coefficient (Wildman–Crippen LogP) is 2.91. The van der Waals surface area contributed by atoms with Crippen LogP contribution in [-0.2, 0) is 18.8 Å². The van der Waals surface area contributed by atoms with Gasteiger partial charge in [-0.2, -0.15) is 0 Å². The lowest BCUT2D eigenvalue weighted by Crippen LogP contribution is -2.36. The standard InChI is InChI=1S/C24H25ClN6O3/c1-15-18(23(32)31(27-15)17-6-4-5-16(25)11-17)14-26-19-12-21-22(29(3)24(33)28(21)2)13-20(19)30-7-9-34-10-8-30/h4-6,11-14,27H,7-10H2,1-3H3. The number of aryl methyl sites for hydroxylation is 3. The second kappa shape index (κ2) is 8.66. The lowest BCUT2D eigenvalue weighted by molar-refractivity contribution is 0.123. The lowest BCUT2D eigenvalue weighted by Gasteiger charge is -2.30. The van der Waals surface area contributed by atoms with E-state index in [1.165, 1.54) is 4.68 Å². The van der Waals surface area contributed by atoms with Crippen molar-refractivity contribution >= 4 is 40.2 Å². The summed E-state index contributed by atoms with van der Waals surface area (Å²) >= 11 is 6.10. The van der Waals surface area contributed by atoms with Crippen molar-refractivity contribution in [2.45, 2.75) is 6.92 Å². The first-order valence-corrected chi connectivity index (χ1v) is 11.4. The summed E-state index contributed by atoms with van der Waals surface area (Å²) in [6.45, 7) is 4.52. The van der Waals surface area contributed by atoms with Crippen LogP contribution in [0, 0.1) is 6.92 Å². The molecular formula is C24H25ClN6O3. The van der Waals surface area contributed by atoms with Gasteiger partial charge in [-0.05, 0) is 37.3 Å². The molecule has 1 aliphatic heterocycles. The number of aliphatic imine (C=N–C) groups is 1. The summed E-state index contributed by atoms with van der Waals surface area (Å²) in [5.41, 5.74) is 4.66. The number of imidazole rings is 1. The van der Waals surface area contributed by atoms with Crippen molar-refractivity contribution in [2.75, 3.05) is 31.2 Å². The van der Waals surface area contributed by atoms with Crippen LogP contribution in [0.5, 0.6) is 0 Å². The summed E-state index contributed by atoms with van der Waals surface area (Å²) in [6, 6.07) is 11.0. The Morgan fingerprint density at radius 1 is 1.06 bits per heavy atom. The van der Waals surface area contributed by atoms with Crippen LogP contribution in [0.1, 0.15) is 11.3 Å². The van der Waals surface area contributed by atoms with E-state index in [2.05, 4.69) is 10.00 Å². The zero-order valence-corrected chi connectivity index (χ0v) is 20.0. The van der Waals surface area contributed by atoms with Crippen LogP contribution in [0.2, 0.25) is 5.02 Å². The van der Waals surface area contributed by atoms with E-state index in [0.29, 0.717) is 40.9 Å². The minimum atomic E-state index is -0.218. The van der Waals surface area contributed by atoms with E-state index in [-0.39, 0.29) is 11.2 Å². The monoisotopic (exact) mass is 480 g/mol. The van der Waals surface area contributed by atoms with Crippen LogP contribution in [-0.4, -0.2) is 51.4 Å². The number of nitrogens with one attached hydrogen (secondary N) is 1. The molecule has 0 spiro atoms. The summed E-state index contributed by atoms with van der Waals surface area (Å²) in [4.78, 5) is 32.6. The number of morpholine rings is 1. The van der Waals surface area contributed by atoms with E-state index in [0.717, 1.165) is 29.8 Å². The summed E-state index contributed by atoms with van der Waals surface area (Å²) in [5, 5.41) is 3.64. The molecule has 0 unspecified atom stereocenters. The highest BCUT2D eigenvalue weighted by Gasteiger charge is 2.19. The maximum atomic E-state index is 13.1. The topological polar surface area (TPSA) is 89.6 Å². The van der Waals surface area contributed by atoms with E-state index in [1.807, 2.05) is 25.1 Å². The van der Waals surface area contributed by atoms with Gasteiger partial charge >= 0.3 is 5.69 Å². The molecule has 0 aliphatic carbocycles. The molecule has 1 aliphatic rings. The van der Waals surface area contributed by atoms with Crippen molar-refractivity contribution in [1.29, 1.82) is 0 Å². The van der Waals surface area contributed by atoms with E-state index >= 15 is 0 Å². The molecule has 4 aromatic rings. The van der Waals surface area contributed by atoms with Gasteiger partial charge in [0.05, 0.1) is 46.9 Å². The molecule has 10 heteroatoms. The molecule has 3 heterocycles. The van der Waals surface area contributed by atoms with Crippen molar-refractivity contribution in [1.82, 2.24) is 18.9 Å². The highest BCUT2D eigenvalue weighted by atomic mass is 35.5. The van der Waals surface area contributed by atoms with Crippen LogP contribution in [0.25, 0.3) is 16.7 Å². The van der Waals surface area contributed by atoms with E-state index in [1.54, 1.807) is 47.6 Å². The molecule has 1 saturated heterocycles. The third-order valence-electron chi connectivity index (χ3n) is 6.24. The molecule has 2 aromatic carbocycles. The number of benzene rings is 2. The van der Waals surface area contributed by atoms with E-state index in [4.69, 9.17) is 21.3 Å². The molecule has 176 valence electrons. The van der Waals surface area contributed by atoms with Gasteiger partial charge in [-0.1, -0.05) is 17.7 Å². The normalized spacial score (nSPS) is 14.5. The number of fused-ring (bicyclic) bond motifs is 1. The average Bonchev–Trinajstić information content (AvgIpc) is 3.24. The molecule has 0 atom stereocenters. The van der Waals surface area contributed by atoms with E-state index < -0.39 is 0 Å². The smallest absolute Gasteiger partial charge is 0.328 e. The number of hydrogen-bond acceptors (Lipinski definition) is 5. The van der Waals surface area contributed by atoms with Crippen molar-refractivity contribution in [3.8, 4) is 5.69 Å². The van der Waals surface area contributed by atoms with Gasteiger partial charge in [0.2, 0.25) is 0 Å². The van der Waals surface area contributed by atoms with Gasteiger partial charge in [-0.3, -0.25) is 24.0 Å². The maximum Gasteiger partial charge on any atom is 0.328 e. The van der Waals surface area contributed by atoms with Crippen molar-refractivity contribution in [3.63, 3.8) is 0 Å². The van der Waals surface area contributed by atoms with Crippen molar-refractivity contribution in [3.05, 3.63) is 73.5 Å². The van der Waals surface area contributed by atoms with Crippen LogP contribution in [0.3, 0.4) is 0 Å². The Hall–Kier alpha value is -3.56. The number of rotatable bonds is 4. The molecule has 9 nitrogen and oxygen atoms in total. The fourth-order valence-corrected chi connectivity index (χ4v) is 4.51. The van der Waals surface area contributed by atoms with Gasteiger partial charge < -0.3 is 9.64 Å². The highest BCUT2D eigenvalue weighted by molar-refractivity contribution is 6.30. The first kappa shape index (κ1) is 22.2. The fourth-order valence-electron chi connectivity index (χ4n) is 4.33. The Morgan fingerprint density at radius 3 is 2.47 bits per heavy atom. The Labute approximate surface area is 200 Å².